The van der Waals surface area contributed by atoms with E-state index in [9.17, 15) is 4.79 Å². The number of carbonyl (C=O) groups excluding carboxylic acids is 1. The van der Waals surface area contributed by atoms with E-state index < -0.39 is 0 Å². The molecule has 2 rings (SSSR count). The van der Waals surface area contributed by atoms with Crippen molar-refractivity contribution in [1.29, 1.82) is 0 Å². The number of likely N-dealkylation sites (tertiary alicyclic amines) is 1. The first-order valence-electron chi connectivity index (χ1n) is 5.84. The molecule has 0 aliphatic carbocycles. The van der Waals surface area contributed by atoms with Gasteiger partial charge in [-0.3, -0.25) is 9.69 Å². The van der Waals surface area contributed by atoms with E-state index in [1.165, 1.54) is 0 Å². The lowest BCUT2D eigenvalue weighted by molar-refractivity contribution is -0.126. The van der Waals surface area contributed by atoms with Crippen molar-refractivity contribution in [3.63, 3.8) is 0 Å². The van der Waals surface area contributed by atoms with E-state index in [0.29, 0.717) is 11.3 Å². The van der Waals surface area contributed by atoms with Crippen LogP contribution in [0.15, 0.2) is 0 Å². The smallest absolute Gasteiger partial charge is 0.224 e. The summed E-state index contributed by atoms with van der Waals surface area (Å²) in [5.74, 6) is -0.151. The van der Waals surface area contributed by atoms with Gasteiger partial charge in [-0.1, -0.05) is 0 Å². The Morgan fingerprint density at radius 3 is 2.88 bits per heavy atom. The molecule has 2 heterocycles. The zero-order valence-electron chi connectivity index (χ0n) is 10.0. The maximum atomic E-state index is 11.4. The molecule has 2 aliphatic heterocycles. The topological polar surface area (TPSA) is 58.4 Å². The summed E-state index contributed by atoms with van der Waals surface area (Å²) in [6.45, 7) is 5.94. The monoisotopic (exact) mass is 243 g/mol. The molecular formula is C11H21N3OS. The maximum absolute atomic E-state index is 11.4. The molecule has 0 aromatic carbocycles. The highest BCUT2D eigenvalue weighted by Crippen LogP contribution is 2.33. The van der Waals surface area contributed by atoms with Gasteiger partial charge in [0.05, 0.1) is 5.41 Å². The summed E-state index contributed by atoms with van der Waals surface area (Å²) in [6, 6.07) is 0.566. The highest BCUT2D eigenvalue weighted by molar-refractivity contribution is 7.99. The van der Waals surface area contributed by atoms with Crippen LogP contribution in [0.5, 0.6) is 0 Å². The van der Waals surface area contributed by atoms with Crippen molar-refractivity contribution in [2.75, 3.05) is 32.4 Å². The predicted octanol–water partition coefficient (Wildman–Crippen LogP) is -0.113. The Labute approximate surface area is 101 Å². The summed E-state index contributed by atoms with van der Waals surface area (Å²) in [7, 11) is 0. The van der Waals surface area contributed by atoms with Crippen molar-refractivity contribution in [2.45, 2.75) is 24.6 Å². The number of nitrogens with one attached hydrogen (secondary N) is 1. The second kappa shape index (κ2) is 4.55. The van der Waals surface area contributed by atoms with Crippen LogP contribution in [0.1, 0.15) is 13.3 Å². The Kier molecular flexibility index (Phi) is 3.47. The molecule has 3 N–H and O–H groups in total. The summed E-state index contributed by atoms with van der Waals surface area (Å²) in [5, 5.41) is 4.08. The van der Waals surface area contributed by atoms with Crippen molar-refractivity contribution < 1.29 is 4.79 Å². The van der Waals surface area contributed by atoms with Gasteiger partial charge in [0.15, 0.2) is 0 Å². The molecule has 0 spiro atoms. The number of thioether (sulfide) groups is 1. The minimum absolute atomic E-state index is 0.151. The van der Waals surface area contributed by atoms with Gasteiger partial charge in [0.25, 0.3) is 0 Å². The minimum Gasteiger partial charge on any atom is -0.369 e. The van der Waals surface area contributed by atoms with Gasteiger partial charge in [-0.25, -0.2) is 0 Å². The van der Waals surface area contributed by atoms with E-state index in [4.69, 9.17) is 5.73 Å². The molecule has 2 saturated heterocycles. The van der Waals surface area contributed by atoms with Crippen LogP contribution in [0.4, 0.5) is 0 Å². The van der Waals surface area contributed by atoms with Crippen LogP contribution < -0.4 is 11.1 Å². The third-order valence-electron chi connectivity index (χ3n) is 4.00. The second-order valence-electron chi connectivity index (χ2n) is 5.15. The van der Waals surface area contributed by atoms with Crippen LogP contribution in [0, 0.1) is 5.41 Å². The van der Waals surface area contributed by atoms with E-state index in [0.717, 1.165) is 32.6 Å². The standard InChI is InChI=1S/C11H21N3OS/c1-11(10(12)15)3-4-14(7-11)8-5-13-6-9(8)16-2/h8-9,13H,3-7H2,1-2H3,(H2,12,15). The largest absolute Gasteiger partial charge is 0.369 e. The lowest BCUT2D eigenvalue weighted by Gasteiger charge is -2.29. The van der Waals surface area contributed by atoms with Crippen molar-refractivity contribution in [2.24, 2.45) is 11.1 Å². The van der Waals surface area contributed by atoms with Crippen LogP contribution in [0.3, 0.4) is 0 Å². The van der Waals surface area contributed by atoms with E-state index in [2.05, 4.69) is 16.5 Å². The number of rotatable bonds is 3. The van der Waals surface area contributed by atoms with E-state index >= 15 is 0 Å². The van der Waals surface area contributed by atoms with Gasteiger partial charge in [0.2, 0.25) is 5.91 Å². The average molecular weight is 243 g/mol. The predicted molar refractivity (Wildman–Crippen MR) is 67.5 cm³/mol. The van der Waals surface area contributed by atoms with Gasteiger partial charge in [-0.2, -0.15) is 11.8 Å². The third-order valence-corrected chi connectivity index (χ3v) is 5.08. The maximum Gasteiger partial charge on any atom is 0.224 e. The molecule has 0 bridgehead atoms. The molecule has 16 heavy (non-hydrogen) atoms. The number of hydrogen-bond acceptors (Lipinski definition) is 4. The van der Waals surface area contributed by atoms with Gasteiger partial charge >= 0.3 is 0 Å². The number of amides is 1. The van der Waals surface area contributed by atoms with Gasteiger partial charge in [0.1, 0.15) is 0 Å². The first-order valence-corrected chi connectivity index (χ1v) is 7.13. The Morgan fingerprint density at radius 1 is 1.56 bits per heavy atom. The van der Waals surface area contributed by atoms with Gasteiger partial charge in [-0.05, 0) is 26.1 Å². The second-order valence-corrected chi connectivity index (χ2v) is 6.22. The molecule has 1 amide bonds. The van der Waals surface area contributed by atoms with Crippen LogP contribution >= 0.6 is 11.8 Å². The Hall–Kier alpha value is -0.260. The Morgan fingerprint density at radius 2 is 2.31 bits per heavy atom. The number of hydrogen-bond donors (Lipinski definition) is 2. The molecule has 0 aromatic rings. The molecule has 2 fully saturated rings. The molecule has 0 aromatic heterocycles. The highest BCUT2D eigenvalue weighted by atomic mass is 32.2. The Bertz CT molecular complexity index is 286. The van der Waals surface area contributed by atoms with Crippen molar-refractivity contribution >= 4 is 17.7 Å². The molecule has 2 aliphatic rings. The van der Waals surface area contributed by atoms with Crippen molar-refractivity contribution in [1.82, 2.24) is 10.2 Å². The quantitative estimate of drug-likeness (QED) is 0.726. The molecule has 3 unspecified atom stereocenters. The van der Waals surface area contributed by atoms with Gasteiger partial charge < -0.3 is 11.1 Å². The fraction of sp³-hybridized carbons (Fsp3) is 0.909. The third kappa shape index (κ3) is 2.08. The van der Waals surface area contributed by atoms with Crippen LogP contribution in [-0.4, -0.2) is 54.5 Å². The van der Waals surface area contributed by atoms with Crippen LogP contribution in [-0.2, 0) is 4.79 Å². The van der Waals surface area contributed by atoms with Crippen molar-refractivity contribution in [3.05, 3.63) is 0 Å². The van der Waals surface area contributed by atoms with Crippen molar-refractivity contribution in [3.8, 4) is 0 Å². The summed E-state index contributed by atoms with van der Waals surface area (Å²) in [6.07, 6.45) is 3.06. The summed E-state index contributed by atoms with van der Waals surface area (Å²) in [4.78, 5) is 13.8. The molecule has 92 valence electrons. The van der Waals surface area contributed by atoms with E-state index in [-0.39, 0.29) is 11.3 Å². The van der Waals surface area contributed by atoms with E-state index in [1.807, 2.05) is 18.7 Å². The SMILES string of the molecule is CSC1CNCC1N1CCC(C)(C(N)=O)C1. The van der Waals surface area contributed by atoms with Gasteiger partial charge in [0, 0.05) is 30.9 Å². The summed E-state index contributed by atoms with van der Waals surface area (Å²) < 4.78 is 0. The highest BCUT2D eigenvalue weighted by Gasteiger charge is 2.43. The average Bonchev–Trinajstić information content (AvgIpc) is 2.83. The Balaban J connectivity index is 2.00. The normalized spacial score (nSPS) is 40.4. The van der Waals surface area contributed by atoms with Gasteiger partial charge in [-0.15, -0.1) is 0 Å². The van der Waals surface area contributed by atoms with Crippen LogP contribution in [0.25, 0.3) is 0 Å². The molecule has 3 atom stereocenters. The zero-order chi connectivity index (χ0) is 11.8. The lowest BCUT2D eigenvalue weighted by Crippen LogP contribution is -2.44. The molecule has 0 saturated carbocycles. The fourth-order valence-corrected chi connectivity index (χ4v) is 3.59. The first-order chi connectivity index (χ1) is 7.57. The number of nitrogens with zero attached hydrogens (tertiary/aromatic N) is 1. The molecule has 5 heteroatoms. The van der Waals surface area contributed by atoms with Crippen LogP contribution in [0.2, 0.25) is 0 Å². The lowest BCUT2D eigenvalue weighted by atomic mass is 9.89. The first kappa shape index (κ1) is 12.2. The number of carbonyl (C=O) groups is 1. The zero-order valence-corrected chi connectivity index (χ0v) is 10.8. The minimum atomic E-state index is -0.314. The number of nitrogens with two attached hydrogens (primary N) is 1. The summed E-state index contributed by atoms with van der Waals surface area (Å²) in [5.41, 5.74) is 5.16. The number of primary amides is 1. The molecule has 0 radical (unpaired) electrons. The van der Waals surface area contributed by atoms with E-state index in [1.54, 1.807) is 0 Å². The molecule has 4 nitrogen and oxygen atoms in total. The summed E-state index contributed by atoms with van der Waals surface area (Å²) >= 11 is 1.92. The fourth-order valence-electron chi connectivity index (χ4n) is 2.73. The molecular weight excluding hydrogens is 222 g/mol.